The summed E-state index contributed by atoms with van der Waals surface area (Å²) in [5.41, 5.74) is 1.92. The SMILES string of the molecule is Cc1cc(NC(=O)N(C)Cc2ccccc2)c(C(=O)O)[nH]1. The quantitative estimate of drug-likeness (QED) is 0.808. The molecule has 21 heavy (non-hydrogen) atoms. The predicted octanol–water partition coefficient (Wildman–Crippen LogP) is 2.69. The number of carbonyl (C=O) groups is 2. The molecule has 0 atom stereocenters. The van der Waals surface area contributed by atoms with Crippen molar-refractivity contribution in [2.24, 2.45) is 0 Å². The number of aryl methyl sites for hydroxylation is 1. The lowest BCUT2D eigenvalue weighted by atomic mass is 10.2. The Morgan fingerprint density at radius 3 is 2.57 bits per heavy atom. The highest BCUT2D eigenvalue weighted by atomic mass is 16.4. The fraction of sp³-hybridized carbons (Fsp3) is 0.200. The van der Waals surface area contributed by atoms with Crippen molar-refractivity contribution in [1.82, 2.24) is 9.88 Å². The summed E-state index contributed by atoms with van der Waals surface area (Å²) in [6.07, 6.45) is 0. The van der Waals surface area contributed by atoms with Gasteiger partial charge in [0.25, 0.3) is 0 Å². The molecule has 2 amide bonds. The van der Waals surface area contributed by atoms with Crippen molar-refractivity contribution < 1.29 is 14.7 Å². The number of nitrogens with one attached hydrogen (secondary N) is 2. The first-order valence-electron chi connectivity index (χ1n) is 6.46. The van der Waals surface area contributed by atoms with Crippen molar-refractivity contribution >= 4 is 17.7 Å². The molecule has 3 N–H and O–H groups in total. The average molecular weight is 287 g/mol. The highest BCUT2D eigenvalue weighted by Gasteiger charge is 2.17. The van der Waals surface area contributed by atoms with Gasteiger partial charge in [-0.25, -0.2) is 9.59 Å². The highest BCUT2D eigenvalue weighted by molar-refractivity contribution is 5.99. The minimum Gasteiger partial charge on any atom is -0.477 e. The Morgan fingerprint density at radius 2 is 1.95 bits per heavy atom. The normalized spacial score (nSPS) is 10.2. The average Bonchev–Trinajstić information content (AvgIpc) is 2.81. The molecule has 0 aliphatic rings. The number of anilines is 1. The molecule has 2 aromatic rings. The number of carbonyl (C=O) groups excluding carboxylic acids is 1. The monoisotopic (exact) mass is 287 g/mol. The van der Waals surface area contributed by atoms with Crippen molar-refractivity contribution in [3.63, 3.8) is 0 Å². The fourth-order valence-electron chi connectivity index (χ4n) is 2.00. The lowest BCUT2D eigenvalue weighted by molar-refractivity contribution is 0.0692. The summed E-state index contributed by atoms with van der Waals surface area (Å²) in [5.74, 6) is -1.11. The van der Waals surface area contributed by atoms with Crippen molar-refractivity contribution in [2.45, 2.75) is 13.5 Å². The number of benzene rings is 1. The number of carboxylic acids is 1. The van der Waals surface area contributed by atoms with E-state index in [0.717, 1.165) is 5.56 Å². The van der Waals surface area contributed by atoms with Crippen LogP contribution in [-0.2, 0) is 6.54 Å². The zero-order valence-corrected chi connectivity index (χ0v) is 11.9. The zero-order chi connectivity index (χ0) is 15.4. The molecule has 1 heterocycles. The van der Waals surface area contributed by atoms with Crippen LogP contribution in [0.3, 0.4) is 0 Å². The van der Waals surface area contributed by atoms with Crippen LogP contribution in [0.1, 0.15) is 21.7 Å². The number of carboxylic acid groups (broad SMARTS) is 1. The van der Waals surface area contributed by atoms with Crippen molar-refractivity contribution in [3.8, 4) is 0 Å². The molecule has 0 bridgehead atoms. The van der Waals surface area contributed by atoms with Crippen LogP contribution in [-0.4, -0.2) is 34.0 Å². The van der Waals surface area contributed by atoms with E-state index in [1.165, 1.54) is 4.90 Å². The van der Waals surface area contributed by atoms with Gasteiger partial charge in [0, 0.05) is 19.3 Å². The van der Waals surface area contributed by atoms with E-state index in [4.69, 9.17) is 5.11 Å². The van der Waals surface area contributed by atoms with E-state index in [2.05, 4.69) is 10.3 Å². The Hall–Kier alpha value is -2.76. The van der Waals surface area contributed by atoms with Crippen molar-refractivity contribution in [2.75, 3.05) is 12.4 Å². The van der Waals surface area contributed by atoms with Gasteiger partial charge < -0.3 is 20.3 Å². The Morgan fingerprint density at radius 1 is 1.29 bits per heavy atom. The second-order valence-corrected chi connectivity index (χ2v) is 4.82. The Bertz CT molecular complexity index is 649. The van der Waals surface area contributed by atoms with Crippen LogP contribution in [0.5, 0.6) is 0 Å². The number of hydrogen-bond acceptors (Lipinski definition) is 2. The molecule has 0 aliphatic carbocycles. The largest absolute Gasteiger partial charge is 0.477 e. The molecule has 1 aromatic carbocycles. The summed E-state index contributed by atoms with van der Waals surface area (Å²) in [7, 11) is 1.66. The van der Waals surface area contributed by atoms with Gasteiger partial charge in [0.2, 0.25) is 0 Å². The summed E-state index contributed by atoms with van der Waals surface area (Å²) in [6, 6.07) is 10.8. The number of aromatic carboxylic acids is 1. The Kier molecular flexibility index (Phi) is 4.27. The molecular formula is C15H17N3O3. The summed E-state index contributed by atoms with van der Waals surface area (Å²) in [4.78, 5) is 27.4. The van der Waals surface area contributed by atoms with Crippen molar-refractivity contribution in [1.29, 1.82) is 0 Å². The van der Waals surface area contributed by atoms with E-state index in [1.807, 2.05) is 30.3 Å². The first-order valence-corrected chi connectivity index (χ1v) is 6.46. The van der Waals surface area contributed by atoms with Crippen LogP contribution in [0.4, 0.5) is 10.5 Å². The van der Waals surface area contributed by atoms with Gasteiger partial charge in [-0.3, -0.25) is 0 Å². The van der Waals surface area contributed by atoms with Gasteiger partial charge in [0.1, 0.15) is 5.69 Å². The lowest BCUT2D eigenvalue weighted by Crippen LogP contribution is -2.31. The molecule has 0 radical (unpaired) electrons. The van der Waals surface area contributed by atoms with Gasteiger partial charge in [-0.1, -0.05) is 30.3 Å². The number of H-pyrrole nitrogens is 1. The predicted molar refractivity (Wildman–Crippen MR) is 79.4 cm³/mol. The number of nitrogens with zero attached hydrogens (tertiary/aromatic N) is 1. The van der Waals surface area contributed by atoms with Gasteiger partial charge >= 0.3 is 12.0 Å². The fourth-order valence-corrected chi connectivity index (χ4v) is 2.00. The second-order valence-electron chi connectivity index (χ2n) is 4.82. The number of hydrogen-bond donors (Lipinski definition) is 3. The molecule has 0 spiro atoms. The smallest absolute Gasteiger partial charge is 0.354 e. The summed E-state index contributed by atoms with van der Waals surface area (Å²) in [5, 5.41) is 11.7. The van der Waals surface area contributed by atoms with Gasteiger partial charge in [0.05, 0.1) is 5.69 Å². The maximum absolute atomic E-state index is 12.1. The third-order valence-corrected chi connectivity index (χ3v) is 3.02. The number of aromatic nitrogens is 1. The van der Waals surface area contributed by atoms with Gasteiger partial charge in [-0.05, 0) is 18.6 Å². The number of aromatic amines is 1. The Labute approximate surface area is 122 Å². The topological polar surface area (TPSA) is 85.4 Å². The lowest BCUT2D eigenvalue weighted by Gasteiger charge is -2.17. The van der Waals surface area contributed by atoms with E-state index in [-0.39, 0.29) is 17.4 Å². The van der Waals surface area contributed by atoms with E-state index in [0.29, 0.717) is 12.2 Å². The maximum Gasteiger partial charge on any atom is 0.354 e. The molecular weight excluding hydrogens is 270 g/mol. The zero-order valence-electron chi connectivity index (χ0n) is 11.9. The first kappa shape index (κ1) is 14.6. The van der Waals surface area contributed by atoms with Crippen molar-refractivity contribution in [3.05, 3.63) is 53.3 Å². The minimum absolute atomic E-state index is 0.0195. The highest BCUT2D eigenvalue weighted by Crippen LogP contribution is 2.17. The summed E-state index contributed by atoms with van der Waals surface area (Å²) >= 11 is 0. The molecule has 0 aliphatic heterocycles. The molecule has 110 valence electrons. The van der Waals surface area contributed by atoms with E-state index in [9.17, 15) is 9.59 Å². The van der Waals surface area contributed by atoms with Crippen LogP contribution in [0.15, 0.2) is 36.4 Å². The first-order chi connectivity index (χ1) is 9.97. The third kappa shape index (κ3) is 3.62. The van der Waals surface area contributed by atoms with Crippen LogP contribution < -0.4 is 5.32 Å². The summed E-state index contributed by atoms with van der Waals surface area (Å²) in [6.45, 7) is 2.17. The van der Waals surface area contributed by atoms with Crippen LogP contribution >= 0.6 is 0 Å². The standard InChI is InChI=1S/C15H17N3O3/c1-10-8-12(13(16-10)14(19)20)17-15(21)18(2)9-11-6-4-3-5-7-11/h3-8,16H,9H2,1-2H3,(H,17,21)(H,19,20). The number of amides is 2. The maximum atomic E-state index is 12.1. The molecule has 0 unspecified atom stereocenters. The van der Waals surface area contributed by atoms with Crippen LogP contribution in [0, 0.1) is 6.92 Å². The van der Waals surface area contributed by atoms with Gasteiger partial charge in [0.15, 0.2) is 0 Å². The molecule has 6 nitrogen and oxygen atoms in total. The van der Waals surface area contributed by atoms with Gasteiger partial charge in [-0.2, -0.15) is 0 Å². The molecule has 1 aromatic heterocycles. The van der Waals surface area contributed by atoms with E-state index >= 15 is 0 Å². The third-order valence-electron chi connectivity index (χ3n) is 3.02. The minimum atomic E-state index is -1.11. The van der Waals surface area contributed by atoms with E-state index < -0.39 is 5.97 Å². The second kappa shape index (κ2) is 6.13. The molecule has 2 rings (SSSR count). The van der Waals surface area contributed by atoms with E-state index in [1.54, 1.807) is 20.0 Å². The van der Waals surface area contributed by atoms with Crippen LogP contribution in [0.2, 0.25) is 0 Å². The molecule has 0 saturated carbocycles. The number of rotatable bonds is 4. The summed E-state index contributed by atoms with van der Waals surface area (Å²) < 4.78 is 0. The Balaban J connectivity index is 2.06. The molecule has 0 saturated heterocycles. The van der Waals surface area contributed by atoms with Gasteiger partial charge in [-0.15, -0.1) is 0 Å². The molecule has 0 fully saturated rings. The van der Waals surface area contributed by atoms with Crippen LogP contribution in [0.25, 0.3) is 0 Å². The molecule has 6 heteroatoms. The number of urea groups is 1.